The lowest BCUT2D eigenvalue weighted by Gasteiger charge is -2.47. The number of rotatable bonds is 4. The van der Waals surface area contributed by atoms with Crippen molar-refractivity contribution in [3.8, 4) is 0 Å². The summed E-state index contributed by atoms with van der Waals surface area (Å²) in [6, 6.07) is 0.955. The number of hydrogen-bond acceptors (Lipinski definition) is 4. The van der Waals surface area contributed by atoms with Crippen molar-refractivity contribution in [3.63, 3.8) is 0 Å². The van der Waals surface area contributed by atoms with Crippen LogP contribution in [0.5, 0.6) is 0 Å². The van der Waals surface area contributed by atoms with Crippen LogP contribution >= 0.6 is 0 Å². The lowest BCUT2D eigenvalue weighted by Crippen LogP contribution is -2.63. The Kier molecular flexibility index (Phi) is 4.29. The van der Waals surface area contributed by atoms with Crippen molar-refractivity contribution in [1.82, 2.24) is 4.90 Å². The van der Waals surface area contributed by atoms with Crippen LogP contribution in [0.15, 0.2) is 0 Å². The van der Waals surface area contributed by atoms with Gasteiger partial charge in [-0.2, -0.15) is 0 Å². The molecule has 1 saturated heterocycles. The Hall–Kier alpha value is -0.130. The molecule has 0 bridgehead atoms. The van der Waals surface area contributed by atoms with E-state index in [2.05, 4.69) is 18.7 Å². The molecular formula is C14H28N2O2S. The number of nitrogens with two attached hydrogens (primary N) is 1. The van der Waals surface area contributed by atoms with Crippen molar-refractivity contribution in [1.29, 1.82) is 0 Å². The molecule has 112 valence electrons. The summed E-state index contributed by atoms with van der Waals surface area (Å²) in [6.07, 6.45) is 7.50. The van der Waals surface area contributed by atoms with Gasteiger partial charge in [-0.25, -0.2) is 8.42 Å². The Morgan fingerprint density at radius 3 is 2.53 bits per heavy atom. The van der Waals surface area contributed by atoms with Crippen LogP contribution in [0.2, 0.25) is 0 Å². The van der Waals surface area contributed by atoms with Crippen LogP contribution in [0, 0.1) is 0 Å². The van der Waals surface area contributed by atoms with Crippen LogP contribution in [0.1, 0.15) is 52.4 Å². The van der Waals surface area contributed by atoms with E-state index >= 15 is 0 Å². The van der Waals surface area contributed by atoms with E-state index in [1.165, 1.54) is 12.7 Å². The predicted octanol–water partition coefficient (Wildman–Crippen LogP) is 1.54. The van der Waals surface area contributed by atoms with Crippen molar-refractivity contribution < 1.29 is 8.42 Å². The standard InChI is InChI=1S/C14H28N2O2S/c1-4-12-8-7-11(2)16(12)14(10-15)9-5-6-13(14)19(3,17)18/h11-13H,4-10,15H2,1-3H3. The summed E-state index contributed by atoms with van der Waals surface area (Å²) < 4.78 is 24.4. The monoisotopic (exact) mass is 288 g/mol. The van der Waals surface area contributed by atoms with Gasteiger partial charge in [-0.05, 0) is 39.0 Å². The highest BCUT2D eigenvalue weighted by Crippen LogP contribution is 2.44. The molecule has 0 aromatic carbocycles. The molecule has 0 amide bonds. The average Bonchev–Trinajstić information content (AvgIpc) is 2.92. The molecule has 0 aromatic rings. The number of nitrogens with zero attached hydrogens (tertiary/aromatic N) is 1. The highest BCUT2D eigenvalue weighted by Gasteiger charge is 2.54. The summed E-state index contributed by atoms with van der Waals surface area (Å²) in [5.74, 6) is 0. The maximum atomic E-state index is 12.2. The first-order valence-corrected chi connectivity index (χ1v) is 9.49. The fourth-order valence-corrected chi connectivity index (χ4v) is 6.27. The molecule has 0 aromatic heterocycles. The molecule has 2 aliphatic rings. The lowest BCUT2D eigenvalue weighted by molar-refractivity contribution is 0.0526. The topological polar surface area (TPSA) is 63.4 Å². The summed E-state index contributed by atoms with van der Waals surface area (Å²) >= 11 is 0. The average molecular weight is 288 g/mol. The predicted molar refractivity (Wildman–Crippen MR) is 78.9 cm³/mol. The lowest BCUT2D eigenvalue weighted by atomic mass is 9.92. The van der Waals surface area contributed by atoms with E-state index in [1.54, 1.807) is 0 Å². The molecule has 1 aliphatic heterocycles. The number of hydrogen-bond donors (Lipinski definition) is 1. The quantitative estimate of drug-likeness (QED) is 0.852. The van der Waals surface area contributed by atoms with Crippen molar-refractivity contribution in [2.24, 2.45) is 5.73 Å². The van der Waals surface area contributed by atoms with Crippen molar-refractivity contribution >= 4 is 9.84 Å². The molecule has 2 rings (SSSR count). The number of sulfone groups is 1. The van der Waals surface area contributed by atoms with Crippen molar-refractivity contribution in [2.45, 2.75) is 75.2 Å². The molecule has 1 heterocycles. The van der Waals surface area contributed by atoms with E-state index in [0.717, 1.165) is 32.1 Å². The van der Waals surface area contributed by atoms with E-state index in [0.29, 0.717) is 18.6 Å². The Morgan fingerprint density at radius 2 is 2.00 bits per heavy atom. The molecule has 0 radical (unpaired) electrons. The Balaban J connectivity index is 2.41. The van der Waals surface area contributed by atoms with Gasteiger partial charge < -0.3 is 5.73 Å². The van der Waals surface area contributed by atoms with Crippen LogP contribution in [0.25, 0.3) is 0 Å². The van der Waals surface area contributed by atoms with E-state index in [-0.39, 0.29) is 10.8 Å². The van der Waals surface area contributed by atoms with Gasteiger partial charge in [0, 0.05) is 24.9 Å². The SMILES string of the molecule is CCC1CCC(C)N1C1(CN)CCCC1S(C)(=O)=O. The minimum atomic E-state index is -3.04. The molecule has 1 saturated carbocycles. The van der Waals surface area contributed by atoms with E-state index in [4.69, 9.17) is 5.73 Å². The van der Waals surface area contributed by atoms with E-state index < -0.39 is 9.84 Å². The van der Waals surface area contributed by atoms with Crippen LogP contribution in [0.4, 0.5) is 0 Å². The first-order valence-electron chi connectivity index (χ1n) is 7.54. The third-order valence-electron chi connectivity index (χ3n) is 5.32. The van der Waals surface area contributed by atoms with Gasteiger partial charge in [-0.3, -0.25) is 4.90 Å². The summed E-state index contributed by atoms with van der Waals surface area (Å²) in [5.41, 5.74) is 5.79. The van der Waals surface area contributed by atoms with Crippen LogP contribution in [-0.2, 0) is 9.84 Å². The fourth-order valence-electron chi connectivity index (χ4n) is 4.55. The van der Waals surface area contributed by atoms with Gasteiger partial charge in [0.25, 0.3) is 0 Å². The summed E-state index contributed by atoms with van der Waals surface area (Å²) in [6.45, 7) is 4.89. The van der Waals surface area contributed by atoms with E-state index in [9.17, 15) is 8.42 Å². The maximum absolute atomic E-state index is 12.2. The molecule has 19 heavy (non-hydrogen) atoms. The Labute approximate surface area is 117 Å². The third kappa shape index (κ3) is 2.45. The third-order valence-corrected chi connectivity index (χ3v) is 7.03. The van der Waals surface area contributed by atoms with Crippen LogP contribution < -0.4 is 5.73 Å². The minimum absolute atomic E-state index is 0.278. The molecule has 4 unspecified atom stereocenters. The molecule has 2 N–H and O–H groups in total. The largest absolute Gasteiger partial charge is 0.329 e. The van der Waals surface area contributed by atoms with Gasteiger partial charge in [0.05, 0.1) is 10.8 Å². The smallest absolute Gasteiger partial charge is 0.152 e. The Bertz CT molecular complexity index is 423. The summed E-state index contributed by atoms with van der Waals surface area (Å²) in [4.78, 5) is 2.48. The zero-order valence-corrected chi connectivity index (χ0v) is 13.2. The Morgan fingerprint density at radius 1 is 1.32 bits per heavy atom. The van der Waals surface area contributed by atoms with Gasteiger partial charge in [-0.1, -0.05) is 13.3 Å². The highest BCUT2D eigenvalue weighted by atomic mass is 32.2. The van der Waals surface area contributed by atoms with Crippen LogP contribution in [0.3, 0.4) is 0 Å². The maximum Gasteiger partial charge on any atom is 0.152 e. The second kappa shape index (κ2) is 5.34. The van der Waals surface area contributed by atoms with E-state index in [1.807, 2.05) is 0 Å². The summed E-state index contributed by atoms with van der Waals surface area (Å²) in [7, 11) is -3.04. The molecule has 5 heteroatoms. The second-order valence-corrected chi connectivity index (χ2v) is 8.64. The minimum Gasteiger partial charge on any atom is -0.329 e. The van der Waals surface area contributed by atoms with Gasteiger partial charge in [0.15, 0.2) is 9.84 Å². The highest BCUT2D eigenvalue weighted by molar-refractivity contribution is 7.91. The molecule has 2 fully saturated rings. The normalized spacial score (nSPS) is 40.9. The molecule has 0 spiro atoms. The van der Waals surface area contributed by atoms with Gasteiger partial charge >= 0.3 is 0 Å². The summed E-state index contributed by atoms with van der Waals surface area (Å²) in [5, 5.41) is -0.278. The molecular weight excluding hydrogens is 260 g/mol. The van der Waals surface area contributed by atoms with Gasteiger partial charge in [0.2, 0.25) is 0 Å². The zero-order valence-electron chi connectivity index (χ0n) is 12.4. The van der Waals surface area contributed by atoms with Gasteiger partial charge in [0.1, 0.15) is 0 Å². The molecule has 4 nitrogen and oxygen atoms in total. The van der Waals surface area contributed by atoms with Crippen molar-refractivity contribution in [3.05, 3.63) is 0 Å². The second-order valence-electron chi connectivity index (χ2n) is 6.41. The molecule has 4 atom stereocenters. The first kappa shape index (κ1) is 15.3. The van der Waals surface area contributed by atoms with Crippen LogP contribution in [-0.4, -0.2) is 49.0 Å². The van der Waals surface area contributed by atoms with Crippen molar-refractivity contribution in [2.75, 3.05) is 12.8 Å². The number of likely N-dealkylation sites (tertiary alicyclic amines) is 1. The van der Waals surface area contributed by atoms with Gasteiger partial charge in [-0.15, -0.1) is 0 Å². The first-order chi connectivity index (χ1) is 8.86. The fraction of sp³-hybridized carbons (Fsp3) is 1.00. The zero-order chi connectivity index (χ0) is 14.3. The molecule has 1 aliphatic carbocycles.